The molecule has 0 saturated carbocycles. The molecule has 0 aliphatic rings. The van der Waals surface area contributed by atoms with E-state index in [1.807, 2.05) is 56.0 Å². The lowest BCUT2D eigenvalue weighted by Gasteiger charge is -2.12. The highest BCUT2D eigenvalue weighted by atomic mass is 16.5. The van der Waals surface area contributed by atoms with Crippen LogP contribution in [0.5, 0.6) is 11.5 Å². The minimum absolute atomic E-state index is 0.662. The second-order valence-electron chi connectivity index (χ2n) is 6.82. The van der Waals surface area contributed by atoms with Crippen LogP contribution in [0.25, 0.3) is 27.6 Å². The second kappa shape index (κ2) is 8.10. The highest BCUT2D eigenvalue weighted by Crippen LogP contribution is 2.32. The van der Waals surface area contributed by atoms with Crippen LogP contribution in [-0.2, 0) is 7.05 Å². The number of rotatable bonds is 5. The number of allylic oxidation sites excluding steroid dienone is 1. The molecule has 0 fully saturated rings. The summed E-state index contributed by atoms with van der Waals surface area (Å²) in [5, 5.41) is 14.6. The quantitative estimate of drug-likeness (QED) is 0.461. The van der Waals surface area contributed by atoms with Crippen LogP contribution in [0.4, 0.5) is 0 Å². The van der Waals surface area contributed by atoms with Gasteiger partial charge < -0.3 is 9.47 Å². The van der Waals surface area contributed by atoms with Crippen LogP contribution >= 0.6 is 0 Å². The lowest BCUT2D eigenvalue weighted by atomic mass is 9.95. The Balaban J connectivity index is 1.83. The summed E-state index contributed by atoms with van der Waals surface area (Å²) in [6.07, 6.45) is 7.15. The van der Waals surface area contributed by atoms with E-state index in [0.717, 1.165) is 38.7 Å². The van der Waals surface area contributed by atoms with E-state index in [4.69, 9.17) is 9.47 Å². The van der Waals surface area contributed by atoms with Crippen LogP contribution in [0.2, 0.25) is 0 Å². The van der Waals surface area contributed by atoms with Crippen molar-refractivity contribution < 1.29 is 9.47 Å². The SMILES string of the molecule is COc1cc(OC)cc(/C(=C/C#N)c2ccc3ncc(-c4cnn(C)c4)cc3c2)c1. The highest BCUT2D eigenvalue weighted by molar-refractivity contribution is 5.90. The predicted molar refractivity (Wildman–Crippen MR) is 116 cm³/mol. The first-order chi connectivity index (χ1) is 14.6. The second-order valence-corrected chi connectivity index (χ2v) is 6.82. The minimum Gasteiger partial charge on any atom is -0.497 e. The number of pyridine rings is 1. The van der Waals surface area contributed by atoms with Gasteiger partial charge >= 0.3 is 0 Å². The largest absolute Gasteiger partial charge is 0.497 e. The van der Waals surface area contributed by atoms with Crippen LogP contribution in [-0.4, -0.2) is 29.0 Å². The molecule has 0 aliphatic carbocycles. The highest BCUT2D eigenvalue weighted by Gasteiger charge is 2.11. The van der Waals surface area contributed by atoms with Crippen molar-refractivity contribution in [2.24, 2.45) is 7.05 Å². The minimum atomic E-state index is 0.662. The number of hydrogen-bond acceptors (Lipinski definition) is 5. The van der Waals surface area contributed by atoms with E-state index in [0.29, 0.717) is 11.5 Å². The van der Waals surface area contributed by atoms with Gasteiger partial charge in [-0.2, -0.15) is 10.4 Å². The zero-order valence-corrected chi connectivity index (χ0v) is 17.0. The molecule has 148 valence electrons. The van der Waals surface area contributed by atoms with Gasteiger partial charge in [0.2, 0.25) is 0 Å². The maximum Gasteiger partial charge on any atom is 0.123 e. The Hall–Kier alpha value is -4.11. The van der Waals surface area contributed by atoms with Gasteiger partial charge in [-0.3, -0.25) is 9.67 Å². The van der Waals surface area contributed by atoms with Gasteiger partial charge in [-0.25, -0.2) is 0 Å². The van der Waals surface area contributed by atoms with Crippen molar-refractivity contribution in [2.75, 3.05) is 14.2 Å². The Morgan fingerprint density at radius 3 is 2.37 bits per heavy atom. The molecular formula is C24H20N4O2. The topological polar surface area (TPSA) is 73.0 Å². The van der Waals surface area contributed by atoms with Crippen molar-refractivity contribution in [3.05, 3.63) is 78.3 Å². The summed E-state index contributed by atoms with van der Waals surface area (Å²) in [5.74, 6) is 1.32. The van der Waals surface area contributed by atoms with Crippen molar-refractivity contribution >= 4 is 16.5 Å². The van der Waals surface area contributed by atoms with E-state index in [1.165, 1.54) is 6.08 Å². The number of hydrogen-bond donors (Lipinski definition) is 0. The molecule has 0 atom stereocenters. The average Bonchev–Trinajstić information content (AvgIpc) is 3.22. The first kappa shape index (κ1) is 19.2. The molecule has 0 radical (unpaired) electrons. The fourth-order valence-corrected chi connectivity index (χ4v) is 3.39. The molecule has 6 heteroatoms. The smallest absolute Gasteiger partial charge is 0.123 e. The number of ether oxygens (including phenoxy) is 2. The number of aromatic nitrogens is 3. The fourth-order valence-electron chi connectivity index (χ4n) is 3.39. The van der Waals surface area contributed by atoms with Crippen molar-refractivity contribution in [2.45, 2.75) is 0 Å². The maximum atomic E-state index is 9.41. The van der Waals surface area contributed by atoms with E-state index >= 15 is 0 Å². The van der Waals surface area contributed by atoms with Gasteiger partial charge in [0.15, 0.2) is 0 Å². The molecule has 0 amide bonds. The number of methoxy groups -OCH3 is 2. The summed E-state index contributed by atoms with van der Waals surface area (Å²) in [4.78, 5) is 4.58. The summed E-state index contributed by atoms with van der Waals surface area (Å²) in [6.45, 7) is 0. The van der Waals surface area contributed by atoms with E-state index in [-0.39, 0.29) is 0 Å². The molecule has 2 aromatic carbocycles. The predicted octanol–water partition coefficient (Wildman–Crippen LogP) is 4.61. The number of nitrogens with zero attached hydrogens (tertiary/aromatic N) is 4. The third kappa shape index (κ3) is 3.74. The first-order valence-corrected chi connectivity index (χ1v) is 9.33. The molecule has 0 saturated heterocycles. The van der Waals surface area contributed by atoms with Crippen molar-refractivity contribution in [1.29, 1.82) is 5.26 Å². The van der Waals surface area contributed by atoms with Gasteiger partial charge in [-0.15, -0.1) is 0 Å². The van der Waals surface area contributed by atoms with Gasteiger partial charge in [0.05, 0.1) is 32.0 Å². The van der Waals surface area contributed by atoms with Crippen LogP contribution < -0.4 is 9.47 Å². The number of benzene rings is 2. The summed E-state index contributed by atoms with van der Waals surface area (Å²) < 4.78 is 12.5. The third-order valence-corrected chi connectivity index (χ3v) is 4.90. The van der Waals surface area contributed by atoms with Crippen molar-refractivity contribution in [1.82, 2.24) is 14.8 Å². The van der Waals surface area contributed by atoms with Crippen LogP contribution in [0, 0.1) is 11.3 Å². The Bertz CT molecular complexity index is 1280. The molecular weight excluding hydrogens is 376 g/mol. The van der Waals surface area contributed by atoms with Gasteiger partial charge in [0, 0.05) is 48.1 Å². The maximum absolute atomic E-state index is 9.41. The molecule has 4 rings (SSSR count). The lowest BCUT2D eigenvalue weighted by Crippen LogP contribution is -1.93. The van der Waals surface area contributed by atoms with Crippen LogP contribution in [0.15, 0.2) is 67.1 Å². The Morgan fingerprint density at radius 1 is 0.967 bits per heavy atom. The summed E-state index contributed by atoms with van der Waals surface area (Å²) in [5.41, 5.74) is 5.39. The number of fused-ring (bicyclic) bond motifs is 1. The molecule has 0 N–H and O–H groups in total. The Labute approximate surface area is 174 Å². The molecule has 4 aromatic rings. The van der Waals surface area contributed by atoms with Crippen LogP contribution in [0.3, 0.4) is 0 Å². The molecule has 6 nitrogen and oxygen atoms in total. The zero-order valence-electron chi connectivity index (χ0n) is 17.0. The first-order valence-electron chi connectivity index (χ1n) is 9.33. The van der Waals surface area contributed by atoms with Gasteiger partial charge in [-0.1, -0.05) is 6.07 Å². The molecule has 0 bridgehead atoms. The lowest BCUT2D eigenvalue weighted by molar-refractivity contribution is 0.394. The number of nitriles is 1. The molecule has 2 aromatic heterocycles. The zero-order chi connectivity index (χ0) is 21.1. The normalized spacial score (nSPS) is 11.3. The Morgan fingerprint density at radius 2 is 1.73 bits per heavy atom. The third-order valence-electron chi connectivity index (χ3n) is 4.90. The standard InChI is InChI=1S/C24H20N4O2/c1-28-15-20(14-27-28)19-9-18-8-16(4-5-24(18)26-13-19)23(6-7-25)17-10-21(29-2)12-22(11-17)30-3/h4-6,8-15H,1-3H3/b23-6+. The molecule has 0 aliphatic heterocycles. The van der Waals surface area contributed by atoms with E-state index < -0.39 is 0 Å². The van der Waals surface area contributed by atoms with Gasteiger partial charge in [0.25, 0.3) is 0 Å². The molecule has 0 unspecified atom stereocenters. The van der Waals surface area contributed by atoms with E-state index in [1.54, 1.807) is 25.0 Å². The molecule has 30 heavy (non-hydrogen) atoms. The summed E-state index contributed by atoms with van der Waals surface area (Å²) in [6, 6.07) is 15.8. The fraction of sp³-hybridized carbons (Fsp3) is 0.125. The summed E-state index contributed by atoms with van der Waals surface area (Å²) >= 11 is 0. The van der Waals surface area contributed by atoms with Gasteiger partial charge in [0.1, 0.15) is 11.5 Å². The van der Waals surface area contributed by atoms with E-state index in [9.17, 15) is 5.26 Å². The summed E-state index contributed by atoms with van der Waals surface area (Å²) in [7, 11) is 5.10. The van der Waals surface area contributed by atoms with Crippen molar-refractivity contribution in [3.8, 4) is 28.7 Å². The average molecular weight is 396 g/mol. The van der Waals surface area contributed by atoms with Crippen LogP contribution in [0.1, 0.15) is 11.1 Å². The molecule has 2 heterocycles. The number of aryl methyl sites for hydroxylation is 1. The van der Waals surface area contributed by atoms with Crippen molar-refractivity contribution in [3.63, 3.8) is 0 Å². The monoisotopic (exact) mass is 396 g/mol. The molecule has 0 spiro atoms. The van der Waals surface area contributed by atoms with Gasteiger partial charge in [-0.05, 0) is 47.0 Å². The van der Waals surface area contributed by atoms with E-state index in [2.05, 4.69) is 22.2 Å². The Kier molecular flexibility index (Phi) is 5.19.